The van der Waals surface area contributed by atoms with Crippen molar-refractivity contribution in [3.8, 4) is 0 Å². The van der Waals surface area contributed by atoms with E-state index in [9.17, 15) is 0 Å². The largest absolute Gasteiger partial charge is 0.344 e. The van der Waals surface area contributed by atoms with Crippen molar-refractivity contribution in [2.45, 2.75) is 19.9 Å². The molecular weight excluding hydrogens is 186 g/mol. The van der Waals surface area contributed by atoms with Gasteiger partial charge in [-0.25, -0.2) is 0 Å². The zero-order chi connectivity index (χ0) is 10.8. The summed E-state index contributed by atoms with van der Waals surface area (Å²) in [6.07, 6.45) is 3.78. The minimum absolute atomic E-state index is 0.440. The Labute approximate surface area is 89.2 Å². The van der Waals surface area contributed by atoms with E-state index < -0.39 is 0 Å². The van der Waals surface area contributed by atoms with E-state index in [2.05, 4.69) is 41.8 Å². The molecule has 0 aliphatic rings. The fourth-order valence-corrected chi connectivity index (χ4v) is 1.84. The van der Waals surface area contributed by atoms with Gasteiger partial charge in [0.05, 0.1) is 6.21 Å². The van der Waals surface area contributed by atoms with E-state index >= 15 is 0 Å². The van der Waals surface area contributed by atoms with Crippen molar-refractivity contribution in [2.24, 2.45) is 10.9 Å². The van der Waals surface area contributed by atoms with E-state index in [0.29, 0.717) is 6.04 Å². The third-order valence-corrected chi connectivity index (χ3v) is 2.54. The van der Waals surface area contributed by atoms with Crippen LogP contribution in [-0.4, -0.2) is 10.8 Å². The summed E-state index contributed by atoms with van der Waals surface area (Å²) in [5.41, 5.74) is 2.30. The third kappa shape index (κ3) is 1.61. The van der Waals surface area contributed by atoms with Crippen molar-refractivity contribution < 1.29 is 0 Å². The van der Waals surface area contributed by atoms with E-state index in [4.69, 9.17) is 5.84 Å². The molecule has 1 heterocycles. The minimum Gasteiger partial charge on any atom is -0.344 e. The first kappa shape index (κ1) is 9.77. The van der Waals surface area contributed by atoms with E-state index in [1.165, 1.54) is 10.9 Å². The van der Waals surface area contributed by atoms with Crippen LogP contribution in [0.4, 0.5) is 0 Å². The molecule has 0 aliphatic heterocycles. The van der Waals surface area contributed by atoms with Gasteiger partial charge in [-0.1, -0.05) is 18.2 Å². The number of fused-ring (bicyclic) bond motifs is 1. The SMILES string of the molecule is CC(C)n1cc(C=NN)c2ccccc21. The zero-order valence-electron chi connectivity index (χ0n) is 9.01. The van der Waals surface area contributed by atoms with E-state index in [-0.39, 0.29) is 0 Å². The fourth-order valence-electron chi connectivity index (χ4n) is 1.84. The van der Waals surface area contributed by atoms with Gasteiger partial charge in [0.1, 0.15) is 0 Å². The summed E-state index contributed by atoms with van der Waals surface area (Å²) in [5, 5.41) is 4.79. The summed E-state index contributed by atoms with van der Waals surface area (Å²) in [6.45, 7) is 4.33. The lowest BCUT2D eigenvalue weighted by Gasteiger charge is -2.08. The van der Waals surface area contributed by atoms with Gasteiger partial charge in [0.25, 0.3) is 0 Å². The first-order valence-corrected chi connectivity index (χ1v) is 5.07. The summed E-state index contributed by atoms with van der Waals surface area (Å²) in [6, 6.07) is 8.72. The Balaban J connectivity index is 2.73. The van der Waals surface area contributed by atoms with Gasteiger partial charge in [-0.2, -0.15) is 5.10 Å². The minimum atomic E-state index is 0.440. The van der Waals surface area contributed by atoms with Crippen LogP contribution in [0, 0.1) is 0 Å². The molecule has 0 saturated heterocycles. The molecule has 2 N–H and O–H groups in total. The van der Waals surface area contributed by atoms with Crippen LogP contribution in [-0.2, 0) is 0 Å². The van der Waals surface area contributed by atoms with Crippen LogP contribution < -0.4 is 5.84 Å². The normalized spacial score (nSPS) is 11.9. The van der Waals surface area contributed by atoms with Crippen molar-refractivity contribution in [3.63, 3.8) is 0 Å². The van der Waals surface area contributed by atoms with Crippen LogP contribution in [0.3, 0.4) is 0 Å². The van der Waals surface area contributed by atoms with Crippen molar-refractivity contribution in [3.05, 3.63) is 36.0 Å². The number of hydrazone groups is 1. The molecule has 0 unspecified atom stereocenters. The molecule has 0 aliphatic carbocycles. The standard InChI is InChI=1S/C12H15N3/c1-9(2)15-8-10(7-14-13)11-5-3-4-6-12(11)15/h3-9H,13H2,1-2H3. The highest BCUT2D eigenvalue weighted by atomic mass is 15.1. The lowest BCUT2D eigenvalue weighted by atomic mass is 10.2. The van der Waals surface area contributed by atoms with Gasteiger partial charge in [0.2, 0.25) is 0 Å². The average molecular weight is 201 g/mol. The van der Waals surface area contributed by atoms with Crippen LogP contribution >= 0.6 is 0 Å². The first-order chi connectivity index (χ1) is 7.24. The Morgan fingerprint density at radius 3 is 2.73 bits per heavy atom. The van der Waals surface area contributed by atoms with Gasteiger partial charge in [0.15, 0.2) is 0 Å². The predicted octanol–water partition coefficient (Wildman–Crippen LogP) is 2.51. The second-order valence-electron chi connectivity index (χ2n) is 3.88. The molecule has 0 fully saturated rings. The molecule has 1 aromatic carbocycles. The second kappa shape index (κ2) is 3.77. The molecule has 3 nitrogen and oxygen atoms in total. The highest BCUT2D eigenvalue weighted by Crippen LogP contribution is 2.23. The molecule has 3 heteroatoms. The molecule has 0 radical (unpaired) electrons. The molecule has 78 valence electrons. The number of rotatable bonds is 2. The molecule has 1 aromatic heterocycles. The highest BCUT2D eigenvalue weighted by Gasteiger charge is 2.07. The smallest absolute Gasteiger partial charge is 0.0559 e. The molecule has 0 saturated carbocycles. The number of hydrogen-bond acceptors (Lipinski definition) is 2. The zero-order valence-corrected chi connectivity index (χ0v) is 9.01. The van der Waals surface area contributed by atoms with Gasteiger partial charge in [0, 0.05) is 28.7 Å². The molecule has 0 amide bonds. The van der Waals surface area contributed by atoms with E-state index in [0.717, 1.165) is 5.56 Å². The van der Waals surface area contributed by atoms with Gasteiger partial charge < -0.3 is 10.4 Å². The van der Waals surface area contributed by atoms with Crippen molar-refractivity contribution in [1.29, 1.82) is 0 Å². The Morgan fingerprint density at radius 1 is 1.33 bits per heavy atom. The average Bonchev–Trinajstić information content (AvgIpc) is 2.59. The highest BCUT2D eigenvalue weighted by molar-refractivity contribution is 5.99. The second-order valence-corrected chi connectivity index (χ2v) is 3.88. The summed E-state index contributed by atoms with van der Waals surface area (Å²) in [7, 11) is 0. The number of hydrogen-bond donors (Lipinski definition) is 1. The first-order valence-electron chi connectivity index (χ1n) is 5.07. The number of para-hydroxylation sites is 1. The van der Waals surface area contributed by atoms with Crippen LogP contribution in [0.2, 0.25) is 0 Å². The van der Waals surface area contributed by atoms with Crippen LogP contribution in [0.15, 0.2) is 35.6 Å². The summed E-state index contributed by atoms with van der Waals surface area (Å²) < 4.78 is 2.23. The van der Waals surface area contributed by atoms with Gasteiger partial charge in [-0.3, -0.25) is 0 Å². The van der Waals surface area contributed by atoms with Gasteiger partial charge >= 0.3 is 0 Å². The molecule has 0 spiro atoms. The maximum atomic E-state index is 5.20. The Morgan fingerprint density at radius 2 is 2.07 bits per heavy atom. The quantitative estimate of drug-likeness (QED) is 0.453. The van der Waals surface area contributed by atoms with Crippen molar-refractivity contribution >= 4 is 17.1 Å². The van der Waals surface area contributed by atoms with Gasteiger partial charge in [-0.05, 0) is 19.9 Å². The topological polar surface area (TPSA) is 43.3 Å². The van der Waals surface area contributed by atoms with Crippen molar-refractivity contribution in [2.75, 3.05) is 0 Å². The molecule has 15 heavy (non-hydrogen) atoms. The van der Waals surface area contributed by atoms with E-state index in [1.54, 1.807) is 6.21 Å². The summed E-state index contributed by atoms with van der Waals surface area (Å²) >= 11 is 0. The van der Waals surface area contributed by atoms with Crippen LogP contribution in [0.1, 0.15) is 25.5 Å². The van der Waals surface area contributed by atoms with Crippen molar-refractivity contribution in [1.82, 2.24) is 4.57 Å². The molecular formula is C12H15N3. The molecule has 2 rings (SSSR count). The third-order valence-electron chi connectivity index (χ3n) is 2.54. The van der Waals surface area contributed by atoms with E-state index in [1.807, 2.05) is 12.1 Å². The predicted molar refractivity (Wildman–Crippen MR) is 64.1 cm³/mol. The van der Waals surface area contributed by atoms with Crippen LogP contribution in [0.25, 0.3) is 10.9 Å². The van der Waals surface area contributed by atoms with Gasteiger partial charge in [-0.15, -0.1) is 0 Å². The molecule has 0 bridgehead atoms. The fraction of sp³-hybridized carbons (Fsp3) is 0.250. The molecule has 2 aromatic rings. The monoisotopic (exact) mass is 201 g/mol. The van der Waals surface area contributed by atoms with Crippen LogP contribution in [0.5, 0.6) is 0 Å². The Hall–Kier alpha value is -1.77. The number of benzene rings is 1. The number of nitrogens with two attached hydrogens (primary N) is 1. The maximum Gasteiger partial charge on any atom is 0.0559 e. The summed E-state index contributed by atoms with van der Waals surface area (Å²) in [4.78, 5) is 0. The Bertz CT molecular complexity index is 495. The Kier molecular flexibility index (Phi) is 2.46. The number of aromatic nitrogens is 1. The lowest BCUT2D eigenvalue weighted by molar-refractivity contribution is 0.623. The summed E-state index contributed by atoms with van der Waals surface area (Å²) in [5.74, 6) is 5.20. The molecule has 0 atom stereocenters. The maximum absolute atomic E-state index is 5.20. The lowest BCUT2D eigenvalue weighted by Crippen LogP contribution is -1.97. The number of nitrogens with zero attached hydrogens (tertiary/aromatic N) is 2.